The molecule has 3 rings (SSSR count). The molecule has 0 bridgehead atoms. The number of carbonyl (C=O) groups is 1. The van der Waals surface area contributed by atoms with Crippen molar-refractivity contribution in [1.82, 2.24) is 25.5 Å². The molecule has 0 unspecified atom stereocenters. The highest BCUT2D eigenvalue weighted by Gasteiger charge is 2.16. The van der Waals surface area contributed by atoms with Crippen molar-refractivity contribution < 1.29 is 18.5 Å². The van der Waals surface area contributed by atoms with Crippen LogP contribution in [0, 0.1) is 28.7 Å². The Balaban J connectivity index is 1.77. The Kier molecular flexibility index (Phi) is 4.83. The molecule has 3 aromatic rings. The maximum Gasteiger partial charge on any atom is 0.273 e. The van der Waals surface area contributed by atoms with Crippen molar-refractivity contribution in [2.45, 2.75) is 13.5 Å². The first-order chi connectivity index (χ1) is 12.9. The molecular weight excluding hydrogens is 362 g/mol. The van der Waals surface area contributed by atoms with Crippen LogP contribution in [0.5, 0.6) is 0 Å². The van der Waals surface area contributed by atoms with E-state index in [0.717, 1.165) is 16.8 Å². The van der Waals surface area contributed by atoms with Crippen LogP contribution in [-0.2, 0) is 6.54 Å². The van der Waals surface area contributed by atoms with E-state index in [4.69, 9.17) is 0 Å². The van der Waals surface area contributed by atoms with Crippen LogP contribution in [0.25, 0.3) is 5.69 Å². The van der Waals surface area contributed by atoms with E-state index in [-0.39, 0.29) is 29.3 Å². The van der Waals surface area contributed by atoms with Crippen LogP contribution in [0.15, 0.2) is 36.4 Å². The number of aromatic nitrogens is 4. The van der Waals surface area contributed by atoms with Crippen LogP contribution >= 0.6 is 0 Å². The number of nitrogens with zero attached hydrogens (tertiary/aromatic N) is 5. The summed E-state index contributed by atoms with van der Waals surface area (Å²) in [5, 5.41) is 24.4. The van der Waals surface area contributed by atoms with Crippen LogP contribution in [-0.4, -0.2) is 31.0 Å². The number of nitro benzene ring substituents is 1. The van der Waals surface area contributed by atoms with Gasteiger partial charge in [-0.15, -0.1) is 5.10 Å². The molecule has 11 heteroatoms. The molecule has 9 nitrogen and oxygen atoms in total. The summed E-state index contributed by atoms with van der Waals surface area (Å²) in [6.07, 6.45) is 0. The number of carbonyl (C=O) groups excluding carboxylic acids is 1. The van der Waals surface area contributed by atoms with Gasteiger partial charge in [0.1, 0.15) is 0 Å². The number of rotatable bonds is 5. The number of benzene rings is 2. The number of amides is 1. The molecule has 1 heterocycles. The topological polar surface area (TPSA) is 116 Å². The molecule has 1 amide bonds. The number of aryl methyl sites for hydroxylation is 1. The van der Waals surface area contributed by atoms with Crippen molar-refractivity contribution >= 4 is 11.6 Å². The van der Waals surface area contributed by atoms with Crippen molar-refractivity contribution in [3.05, 3.63) is 75.1 Å². The molecule has 0 radical (unpaired) electrons. The summed E-state index contributed by atoms with van der Waals surface area (Å²) in [5.74, 6) is -2.48. The normalized spacial score (nSPS) is 10.6. The van der Waals surface area contributed by atoms with Gasteiger partial charge in [0.05, 0.1) is 17.2 Å². The zero-order valence-electron chi connectivity index (χ0n) is 13.9. The Morgan fingerprint density at radius 3 is 2.70 bits per heavy atom. The lowest BCUT2D eigenvalue weighted by Gasteiger charge is -2.07. The average Bonchev–Trinajstić information content (AvgIpc) is 3.10. The summed E-state index contributed by atoms with van der Waals surface area (Å²) in [4.78, 5) is 22.7. The third kappa shape index (κ3) is 3.76. The van der Waals surface area contributed by atoms with Crippen LogP contribution in [0.1, 0.15) is 21.7 Å². The van der Waals surface area contributed by atoms with Crippen molar-refractivity contribution in [1.29, 1.82) is 0 Å². The molecule has 138 valence electrons. The second-order valence-corrected chi connectivity index (χ2v) is 5.55. The molecule has 0 aliphatic heterocycles. The van der Waals surface area contributed by atoms with E-state index in [1.807, 2.05) is 0 Å². The van der Waals surface area contributed by atoms with Gasteiger partial charge in [-0.05, 0) is 35.5 Å². The highest BCUT2D eigenvalue weighted by molar-refractivity contribution is 5.94. The fraction of sp³-hybridized carbons (Fsp3) is 0.125. The summed E-state index contributed by atoms with van der Waals surface area (Å²) in [7, 11) is 0. The SMILES string of the molecule is Cc1ccc(C(=O)NCc2nnnn2-c2ccc(F)c(F)c2)cc1[N+](=O)[O-]. The van der Waals surface area contributed by atoms with Gasteiger partial charge >= 0.3 is 0 Å². The summed E-state index contributed by atoms with van der Waals surface area (Å²) < 4.78 is 27.6. The fourth-order valence-corrected chi connectivity index (χ4v) is 2.34. The monoisotopic (exact) mass is 374 g/mol. The number of nitrogens with one attached hydrogen (secondary N) is 1. The van der Waals surface area contributed by atoms with E-state index in [9.17, 15) is 23.7 Å². The van der Waals surface area contributed by atoms with Gasteiger partial charge in [-0.25, -0.2) is 8.78 Å². The largest absolute Gasteiger partial charge is 0.345 e. The zero-order chi connectivity index (χ0) is 19.6. The minimum absolute atomic E-state index is 0.0964. The highest BCUT2D eigenvalue weighted by Crippen LogP contribution is 2.19. The third-order valence-electron chi connectivity index (χ3n) is 3.76. The van der Waals surface area contributed by atoms with E-state index in [1.54, 1.807) is 6.92 Å². The molecule has 0 saturated heterocycles. The van der Waals surface area contributed by atoms with Crippen LogP contribution in [0.4, 0.5) is 14.5 Å². The summed E-state index contributed by atoms with van der Waals surface area (Å²) in [6, 6.07) is 7.22. The fourth-order valence-electron chi connectivity index (χ4n) is 2.34. The van der Waals surface area contributed by atoms with Crippen molar-refractivity contribution in [2.24, 2.45) is 0 Å². The number of halogens is 2. The van der Waals surface area contributed by atoms with Crippen LogP contribution in [0.2, 0.25) is 0 Å². The molecule has 0 fully saturated rings. The minimum Gasteiger partial charge on any atom is -0.345 e. The highest BCUT2D eigenvalue weighted by atomic mass is 19.2. The molecular formula is C16H12F2N6O3. The first-order valence-electron chi connectivity index (χ1n) is 7.62. The third-order valence-corrected chi connectivity index (χ3v) is 3.76. The van der Waals surface area contributed by atoms with Gasteiger partial charge in [0, 0.05) is 23.3 Å². The molecule has 1 N–H and O–H groups in total. The molecule has 27 heavy (non-hydrogen) atoms. The van der Waals surface area contributed by atoms with Crippen molar-refractivity contribution in [3.8, 4) is 5.69 Å². The van der Waals surface area contributed by atoms with E-state index in [2.05, 4.69) is 20.8 Å². The smallest absolute Gasteiger partial charge is 0.273 e. The van der Waals surface area contributed by atoms with Crippen LogP contribution in [0.3, 0.4) is 0 Å². The molecule has 0 atom stereocenters. The average molecular weight is 374 g/mol. The second kappa shape index (κ2) is 7.23. The molecule has 0 aliphatic carbocycles. The number of tetrazole rings is 1. The van der Waals surface area contributed by atoms with Gasteiger partial charge in [-0.3, -0.25) is 14.9 Å². The van der Waals surface area contributed by atoms with Gasteiger partial charge < -0.3 is 5.32 Å². The number of nitro groups is 1. The number of hydrogen-bond acceptors (Lipinski definition) is 6. The van der Waals surface area contributed by atoms with Crippen molar-refractivity contribution in [2.75, 3.05) is 0 Å². The van der Waals surface area contributed by atoms with Gasteiger partial charge in [0.25, 0.3) is 11.6 Å². The first kappa shape index (κ1) is 18.0. The zero-order valence-corrected chi connectivity index (χ0v) is 13.9. The maximum atomic E-state index is 13.4. The lowest BCUT2D eigenvalue weighted by molar-refractivity contribution is -0.385. The Morgan fingerprint density at radius 1 is 1.22 bits per heavy atom. The quantitative estimate of drug-likeness (QED) is 0.540. The predicted molar refractivity (Wildman–Crippen MR) is 88.1 cm³/mol. The molecule has 0 saturated carbocycles. The van der Waals surface area contributed by atoms with Crippen molar-refractivity contribution in [3.63, 3.8) is 0 Å². The van der Waals surface area contributed by atoms with Crippen LogP contribution < -0.4 is 5.32 Å². The van der Waals surface area contributed by atoms with E-state index in [0.29, 0.717) is 5.56 Å². The molecule has 1 aromatic heterocycles. The summed E-state index contributed by atoms with van der Waals surface area (Å²) >= 11 is 0. The summed E-state index contributed by atoms with van der Waals surface area (Å²) in [5.41, 5.74) is 0.529. The lowest BCUT2D eigenvalue weighted by Crippen LogP contribution is -2.25. The van der Waals surface area contributed by atoms with Gasteiger partial charge in [0.15, 0.2) is 17.5 Å². The Hall–Kier alpha value is -3.76. The van der Waals surface area contributed by atoms with E-state index < -0.39 is 22.5 Å². The van der Waals surface area contributed by atoms with Gasteiger partial charge in [0.2, 0.25) is 0 Å². The van der Waals surface area contributed by atoms with E-state index in [1.165, 1.54) is 24.3 Å². The Morgan fingerprint density at radius 2 is 2.00 bits per heavy atom. The lowest BCUT2D eigenvalue weighted by atomic mass is 10.1. The minimum atomic E-state index is -1.06. The Bertz CT molecular complexity index is 1040. The van der Waals surface area contributed by atoms with Gasteiger partial charge in [-0.1, -0.05) is 6.07 Å². The first-order valence-corrected chi connectivity index (χ1v) is 7.62. The number of hydrogen-bond donors (Lipinski definition) is 1. The molecule has 2 aromatic carbocycles. The Labute approximate surface area is 150 Å². The molecule has 0 aliphatic rings. The summed E-state index contributed by atoms with van der Waals surface area (Å²) in [6.45, 7) is 1.43. The molecule has 0 spiro atoms. The second-order valence-electron chi connectivity index (χ2n) is 5.55. The maximum absolute atomic E-state index is 13.4. The standard InChI is InChI=1S/C16H12F2N6O3/c1-9-2-3-10(6-14(9)24(26)27)16(25)19-8-15-20-21-22-23(15)11-4-5-12(17)13(18)7-11/h2-7H,8H2,1H3,(H,19,25). The van der Waals surface area contributed by atoms with E-state index >= 15 is 0 Å². The van der Waals surface area contributed by atoms with Gasteiger partial charge in [-0.2, -0.15) is 4.68 Å². The predicted octanol–water partition coefficient (Wildman–Crippen LogP) is 2.09.